The minimum absolute atomic E-state index is 0.354. The Bertz CT molecular complexity index is 818. The summed E-state index contributed by atoms with van der Waals surface area (Å²) in [5.74, 6) is 1.61. The maximum Gasteiger partial charge on any atom is 0.333 e. The van der Waals surface area contributed by atoms with Crippen molar-refractivity contribution in [3.8, 4) is 11.6 Å². The molecule has 1 aromatic carbocycles. The molecule has 0 saturated carbocycles. The Kier molecular flexibility index (Phi) is 5.36. The number of benzene rings is 1. The first-order chi connectivity index (χ1) is 12.7. The van der Waals surface area contributed by atoms with Crippen LogP contribution in [-0.2, 0) is 16.1 Å². The van der Waals surface area contributed by atoms with Gasteiger partial charge in [-0.3, -0.25) is 0 Å². The Morgan fingerprint density at radius 1 is 1.12 bits per heavy atom. The summed E-state index contributed by atoms with van der Waals surface area (Å²) in [7, 11) is 4.57. The zero-order valence-electron chi connectivity index (χ0n) is 15.1. The van der Waals surface area contributed by atoms with Gasteiger partial charge < -0.3 is 19.1 Å². The van der Waals surface area contributed by atoms with Crippen molar-refractivity contribution in [2.24, 2.45) is 0 Å². The van der Waals surface area contributed by atoms with Gasteiger partial charge in [-0.15, -0.1) is 0 Å². The van der Waals surface area contributed by atoms with Gasteiger partial charge in [0.2, 0.25) is 5.88 Å². The number of ether oxygens (including phenoxy) is 3. The van der Waals surface area contributed by atoms with E-state index < -0.39 is 0 Å². The number of nitrogens with zero attached hydrogens (tertiary/aromatic N) is 3. The van der Waals surface area contributed by atoms with Crippen LogP contribution in [0.15, 0.2) is 36.2 Å². The van der Waals surface area contributed by atoms with Gasteiger partial charge in [0.15, 0.2) is 0 Å². The number of carbonyl (C=O) groups is 1. The van der Waals surface area contributed by atoms with E-state index in [0.717, 1.165) is 17.1 Å². The fourth-order valence-corrected chi connectivity index (χ4v) is 2.92. The highest BCUT2D eigenvalue weighted by molar-refractivity contribution is 5.95. The topological polar surface area (TPSA) is 73.8 Å². The molecule has 1 aliphatic heterocycles. The number of rotatable bonds is 5. The van der Waals surface area contributed by atoms with Gasteiger partial charge in [-0.2, -0.15) is 0 Å². The Morgan fingerprint density at radius 3 is 2.54 bits per heavy atom. The molecule has 0 radical (unpaired) electrons. The number of anilines is 1. The van der Waals surface area contributed by atoms with Crippen LogP contribution in [0.1, 0.15) is 17.5 Å². The lowest BCUT2D eigenvalue weighted by Gasteiger charge is -2.24. The van der Waals surface area contributed by atoms with E-state index in [-0.39, 0.29) is 5.97 Å². The first-order valence-corrected chi connectivity index (χ1v) is 8.22. The van der Waals surface area contributed by atoms with E-state index in [1.165, 1.54) is 13.4 Å². The van der Waals surface area contributed by atoms with E-state index >= 15 is 0 Å². The monoisotopic (exact) mass is 355 g/mol. The Morgan fingerprint density at radius 2 is 1.88 bits per heavy atom. The maximum atomic E-state index is 12.1. The molecular formula is C19H21N3O4. The summed E-state index contributed by atoms with van der Waals surface area (Å²) in [6, 6.07) is 7.87. The highest BCUT2D eigenvalue weighted by Crippen LogP contribution is 2.32. The van der Waals surface area contributed by atoms with Gasteiger partial charge in [-0.05, 0) is 30.2 Å². The minimum Gasteiger partial charge on any atom is -0.497 e. The van der Waals surface area contributed by atoms with Crippen LogP contribution in [0.5, 0.6) is 11.6 Å². The van der Waals surface area contributed by atoms with Gasteiger partial charge in [0.1, 0.15) is 17.9 Å². The van der Waals surface area contributed by atoms with Crippen molar-refractivity contribution in [1.82, 2.24) is 9.97 Å². The average molecular weight is 355 g/mol. The number of hydrogen-bond acceptors (Lipinski definition) is 7. The molecule has 0 amide bonds. The van der Waals surface area contributed by atoms with Crippen LogP contribution in [0.3, 0.4) is 0 Å². The van der Waals surface area contributed by atoms with Crippen LogP contribution in [0.4, 0.5) is 5.82 Å². The summed E-state index contributed by atoms with van der Waals surface area (Å²) in [4.78, 5) is 22.8. The van der Waals surface area contributed by atoms with Crippen molar-refractivity contribution in [1.29, 1.82) is 0 Å². The van der Waals surface area contributed by atoms with Crippen molar-refractivity contribution in [2.75, 3.05) is 32.8 Å². The molecule has 2 aromatic rings. The summed E-state index contributed by atoms with van der Waals surface area (Å²) in [6.07, 6.45) is 3.77. The van der Waals surface area contributed by atoms with Crippen molar-refractivity contribution in [3.63, 3.8) is 0 Å². The molecule has 0 spiro atoms. The first kappa shape index (κ1) is 17.7. The molecule has 2 heterocycles. The van der Waals surface area contributed by atoms with Crippen LogP contribution in [0.2, 0.25) is 0 Å². The maximum absolute atomic E-state index is 12.1. The largest absolute Gasteiger partial charge is 0.497 e. The van der Waals surface area contributed by atoms with Crippen molar-refractivity contribution < 1.29 is 19.0 Å². The average Bonchev–Trinajstić information content (AvgIpc) is 2.87. The molecule has 0 atom stereocenters. The zero-order chi connectivity index (χ0) is 18.5. The Balaban J connectivity index is 1.96. The third-order valence-corrected chi connectivity index (χ3v) is 4.27. The van der Waals surface area contributed by atoms with E-state index in [2.05, 4.69) is 14.9 Å². The molecule has 0 fully saturated rings. The molecule has 1 aromatic heterocycles. The standard InChI is InChI=1S/C19H21N3O4/c1-24-15-6-4-13(5-7-15)11-22-9-8-14(19(23)26-3)10-16-17(22)20-12-21-18(16)25-2/h4-7,10,12H,8-9,11H2,1-3H3. The second-order valence-corrected chi connectivity index (χ2v) is 5.80. The molecule has 26 heavy (non-hydrogen) atoms. The Labute approximate surface area is 152 Å². The highest BCUT2D eigenvalue weighted by atomic mass is 16.5. The molecule has 7 heteroatoms. The van der Waals surface area contributed by atoms with E-state index in [1.54, 1.807) is 20.3 Å². The van der Waals surface area contributed by atoms with Crippen LogP contribution in [-0.4, -0.2) is 43.8 Å². The van der Waals surface area contributed by atoms with E-state index in [0.29, 0.717) is 36.5 Å². The van der Waals surface area contributed by atoms with Crippen LogP contribution in [0.25, 0.3) is 6.08 Å². The molecule has 0 bridgehead atoms. The van der Waals surface area contributed by atoms with Crippen molar-refractivity contribution in [2.45, 2.75) is 13.0 Å². The van der Waals surface area contributed by atoms with Crippen LogP contribution < -0.4 is 14.4 Å². The van der Waals surface area contributed by atoms with E-state index in [1.807, 2.05) is 24.3 Å². The molecule has 1 aliphatic rings. The summed E-state index contributed by atoms with van der Waals surface area (Å²) < 4.78 is 15.5. The normalized spacial score (nSPS) is 13.3. The number of fused-ring (bicyclic) bond motifs is 1. The van der Waals surface area contributed by atoms with Gasteiger partial charge in [0.25, 0.3) is 0 Å². The highest BCUT2D eigenvalue weighted by Gasteiger charge is 2.24. The number of aromatic nitrogens is 2. The van der Waals surface area contributed by atoms with Crippen molar-refractivity contribution >= 4 is 17.9 Å². The number of carbonyl (C=O) groups excluding carboxylic acids is 1. The smallest absolute Gasteiger partial charge is 0.333 e. The summed E-state index contributed by atoms with van der Waals surface area (Å²) >= 11 is 0. The predicted octanol–water partition coefficient (Wildman–Crippen LogP) is 2.46. The second kappa shape index (κ2) is 7.86. The Hall–Kier alpha value is -3.09. The lowest BCUT2D eigenvalue weighted by molar-refractivity contribution is -0.136. The molecule has 7 nitrogen and oxygen atoms in total. The zero-order valence-corrected chi connectivity index (χ0v) is 15.1. The molecule has 0 saturated heterocycles. The first-order valence-electron chi connectivity index (χ1n) is 8.22. The minimum atomic E-state index is -0.354. The van der Waals surface area contributed by atoms with Gasteiger partial charge in [0, 0.05) is 18.7 Å². The molecule has 136 valence electrons. The van der Waals surface area contributed by atoms with Crippen molar-refractivity contribution in [3.05, 3.63) is 47.3 Å². The number of hydrogen-bond donors (Lipinski definition) is 0. The molecule has 0 aliphatic carbocycles. The van der Waals surface area contributed by atoms with Gasteiger partial charge in [-0.1, -0.05) is 12.1 Å². The lowest BCUT2D eigenvalue weighted by Crippen LogP contribution is -2.25. The fraction of sp³-hybridized carbons (Fsp3) is 0.316. The molecular weight excluding hydrogens is 334 g/mol. The predicted molar refractivity (Wildman–Crippen MR) is 97.2 cm³/mol. The van der Waals surface area contributed by atoms with E-state index in [9.17, 15) is 4.79 Å². The molecule has 3 rings (SSSR count). The third kappa shape index (κ3) is 3.61. The number of methoxy groups -OCH3 is 3. The number of esters is 1. The van der Waals surface area contributed by atoms with Gasteiger partial charge in [0.05, 0.1) is 26.9 Å². The van der Waals surface area contributed by atoms with Gasteiger partial charge >= 0.3 is 5.97 Å². The third-order valence-electron chi connectivity index (χ3n) is 4.27. The van der Waals surface area contributed by atoms with E-state index in [4.69, 9.17) is 14.2 Å². The summed E-state index contributed by atoms with van der Waals surface area (Å²) in [5, 5.41) is 0. The molecule has 0 N–H and O–H groups in total. The SMILES string of the molecule is COC(=O)C1=Cc2c(OC)ncnc2N(Cc2ccc(OC)cc2)CC1. The summed E-state index contributed by atoms with van der Waals surface area (Å²) in [6.45, 7) is 1.26. The fourth-order valence-electron chi connectivity index (χ4n) is 2.92. The lowest BCUT2D eigenvalue weighted by atomic mass is 10.1. The van der Waals surface area contributed by atoms with Crippen LogP contribution in [0, 0.1) is 0 Å². The summed E-state index contributed by atoms with van der Waals surface area (Å²) in [5.41, 5.74) is 2.36. The quantitative estimate of drug-likeness (QED) is 0.763. The second-order valence-electron chi connectivity index (χ2n) is 5.80. The molecule has 0 unspecified atom stereocenters. The van der Waals surface area contributed by atoms with Gasteiger partial charge in [-0.25, -0.2) is 14.8 Å². The van der Waals surface area contributed by atoms with Crippen LogP contribution >= 0.6 is 0 Å².